The molecule has 1 fully saturated rings. The van der Waals surface area contributed by atoms with Crippen LogP contribution in [0.15, 0.2) is 41.5 Å². The standard InChI is InChI=1S/C17H13Cl2N3O3/c18-11-2-1-3-12(19)15(11)16-13-4-5-14(25-10-6-7-24-8-10)21-22(13)9-20-17(16)23/h1-5,9-10H,6-8H2. The van der Waals surface area contributed by atoms with Gasteiger partial charge in [-0.1, -0.05) is 29.3 Å². The van der Waals surface area contributed by atoms with Crippen molar-refractivity contribution in [1.82, 2.24) is 14.6 Å². The summed E-state index contributed by atoms with van der Waals surface area (Å²) in [4.78, 5) is 16.3. The van der Waals surface area contributed by atoms with Crippen LogP contribution in [0.3, 0.4) is 0 Å². The van der Waals surface area contributed by atoms with E-state index >= 15 is 0 Å². The summed E-state index contributed by atoms with van der Waals surface area (Å²) in [6, 6.07) is 8.53. The Morgan fingerprint density at radius 3 is 2.68 bits per heavy atom. The normalized spacial score (nSPS) is 17.1. The highest BCUT2D eigenvalue weighted by Gasteiger charge is 2.20. The fourth-order valence-corrected chi connectivity index (χ4v) is 3.38. The van der Waals surface area contributed by atoms with Gasteiger partial charge in [0.1, 0.15) is 12.4 Å². The number of benzene rings is 1. The van der Waals surface area contributed by atoms with Crippen LogP contribution < -0.4 is 10.3 Å². The van der Waals surface area contributed by atoms with Gasteiger partial charge in [0.05, 0.1) is 34.3 Å². The number of rotatable bonds is 3. The summed E-state index contributed by atoms with van der Waals surface area (Å²) in [7, 11) is 0. The second-order valence-electron chi connectivity index (χ2n) is 5.63. The van der Waals surface area contributed by atoms with Gasteiger partial charge in [-0.25, -0.2) is 4.52 Å². The maximum absolute atomic E-state index is 12.4. The zero-order valence-corrected chi connectivity index (χ0v) is 14.5. The Kier molecular flexibility index (Phi) is 4.33. The molecule has 0 saturated carbocycles. The summed E-state index contributed by atoms with van der Waals surface area (Å²) in [5, 5.41) is 5.13. The van der Waals surface area contributed by atoms with Crippen molar-refractivity contribution in [1.29, 1.82) is 0 Å². The highest BCUT2D eigenvalue weighted by atomic mass is 35.5. The molecule has 2 aromatic heterocycles. The Balaban J connectivity index is 1.84. The Morgan fingerprint density at radius 2 is 1.96 bits per heavy atom. The molecule has 0 radical (unpaired) electrons. The molecule has 6 nitrogen and oxygen atoms in total. The molecule has 0 spiro atoms. The van der Waals surface area contributed by atoms with Crippen molar-refractivity contribution in [3.63, 3.8) is 0 Å². The second-order valence-corrected chi connectivity index (χ2v) is 6.44. The van der Waals surface area contributed by atoms with Crippen LogP contribution in [-0.4, -0.2) is 33.9 Å². The molecular formula is C17H13Cl2N3O3. The van der Waals surface area contributed by atoms with Gasteiger partial charge >= 0.3 is 0 Å². The molecule has 3 heterocycles. The zero-order valence-electron chi connectivity index (χ0n) is 13.0. The molecule has 1 atom stereocenters. The van der Waals surface area contributed by atoms with Gasteiger partial charge in [-0.15, -0.1) is 5.10 Å². The summed E-state index contributed by atoms with van der Waals surface area (Å²) in [6.07, 6.45) is 2.15. The summed E-state index contributed by atoms with van der Waals surface area (Å²) in [5.41, 5.74) is 0.877. The second kappa shape index (κ2) is 6.63. The minimum Gasteiger partial charge on any atom is -0.471 e. The predicted octanol–water partition coefficient (Wildman–Crippen LogP) is 3.23. The molecule has 1 aliphatic heterocycles. The van der Waals surface area contributed by atoms with Crippen LogP contribution in [0.1, 0.15) is 6.42 Å². The Bertz CT molecular complexity index is 980. The van der Waals surface area contributed by atoms with Gasteiger partial charge < -0.3 is 9.47 Å². The van der Waals surface area contributed by atoms with Gasteiger partial charge in [-0.3, -0.25) is 4.79 Å². The predicted molar refractivity (Wildman–Crippen MR) is 94.6 cm³/mol. The zero-order chi connectivity index (χ0) is 17.4. The molecule has 0 aliphatic carbocycles. The van der Waals surface area contributed by atoms with E-state index in [1.165, 1.54) is 10.8 Å². The lowest BCUT2D eigenvalue weighted by Crippen LogP contribution is -2.18. The van der Waals surface area contributed by atoms with Crippen LogP contribution in [0.2, 0.25) is 10.0 Å². The number of fused-ring (bicyclic) bond motifs is 1. The van der Waals surface area contributed by atoms with Crippen LogP contribution in [0.4, 0.5) is 0 Å². The molecule has 0 bridgehead atoms. The molecule has 1 aliphatic rings. The summed E-state index contributed by atoms with van der Waals surface area (Å²) < 4.78 is 12.6. The van der Waals surface area contributed by atoms with E-state index in [1.807, 2.05) is 0 Å². The molecule has 4 rings (SSSR count). The number of halogens is 2. The quantitative estimate of drug-likeness (QED) is 0.700. The van der Waals surface area contributed by atoms with E-state index < -0.39 is 5.56 Å². The third kappa shape index (κ3) is 3.08. The molecule has 0 amide bonds. The van der Waals surface area contributed by atoms with E-state index in [0.29, 0.717) is 45.8 Å². The monoisotopic (exact) mass is 377 g/mol. The molecule has 1 aromatic carbocycles. The van der Waals surface area contributed by atoms with Gasteiger partial charge in [0.2, 0.25) is 5.88 Å². The molecule has 128 valence electrons. The third-order valence-electron chi connectivity index (χ3n) is 3.98. The average Bonchev–Trinajstić information content (AvgIpc) is 3.09. The van der Waals surface area contributed by atoms with Crippen molar-refractivity contribution in [2.75, 3.05) is 13.2 Å². The van der Waals surface area contributed by atoms with E-state index in [4.69, 9.17) is 32.7 Å². The minimum absolute atomic E-state index is 0.0187. The van der Waals surface area contributed by atoms with E-state index in [1.54, 1.807) is 30.3 Å². The number of nitrogens with zero attached hydrogens (tertiary/aromatic N) is 3. The smallest absolute Gasteiger partial charge is 0.281 e. The van der Waals surface area contributed by atoms with Crippen molar-refractivity contribution < 1.29 is 9.47 Å². The topological polar surface area (TPSA) is 65.7 Å². The Morgan fingerprint density at radius 1 is 1.16 bits per heavy atom. The number of hydrogen-bond donors (Lipinski definition) is 0. The van der Waals surface area contributed by atoms with Crippen molar-refractivity contribution >= 4 is 28.7 Å². The van der Waals surface area contributed by atoms with Crippen molar-refractivity contribution in [3.8, 4) is 17.0 Å². The fourth-order valence-electron chi connectivity index (χ4n) is 2.80. The molecule has 8 heteroatoms. The minimum atomic E-state index is -0.422. The van der Waals surface area contributed by atoms with Crippen LogP contribution >= 0.6 is 23.2 Å². The summed E-state index contributed by atoms with van der Waals surface area (Å²) >= 11 is 12.5. The summed E-state index contributed by atoms with van der Waals surface area (Å²) in [6.45, 7) is 1.23. The molecular weight excluding hydrogens is 365 g/mol. The first-order valence-corrected chi connectivity index (χ1v) is 8.46. The molecule has 0 N–H and O–H groups in total. The maximum Gasteiger partial charge on any atom is 0.281 e. The average molecular weight is 378 g/mol. The molecule has 3 aromatic rings. The number of aromatic nitrogens is 3. The van der Waals surface area contributed by atoms with E-state index in [-0.39, 0.29) is 6.10 Å². The lowest BCUT2D eigenvalue weighted by Gasteiger charge is -2.13. The summed E-state index contributed by atoms with van der Waals surface area (Å²) in [5.74, 6) is 0.435. The van der Waals surface area contributed by atoms with Crippen LogP contribution in [-0.2, 0) is 4.74 Å². The Labute approximate surface area is 152 Å². The SMILES string of the molecule is O=c1ncn2nc(OC3CCOC3)ccc2c1-c1c(Cl)cccc1Cl. The third-order valence-corrected chi connectivity index (χ3v) is 4.61. The van der Waals surface area contributed by atoms with E-state index in [2.05, 4.69) is 10.1 Å². The van der Waals surface area contributed by atoms with Gasteiger partial charge in [0.15, 0.2) is 0 Å². The van der Waals surface area contributed by atoms with Gasteiger partial charge in [0, 0.05) is 18.1 Å². The highest BCUT2D eigenvalue weighted by molar-refractivity contribution is 6.39. The van der Waals surface area contributed by atoms with Gasteiger partial charge in [-0.05, 0) is 18.2 Å². The van der Waals surface area contributed by atoms with E-state index in [9.17, 15) is 4.79 Å². The molecule has 1 saturated heterocycles. The highest BCUT2D eigenvalue weighted by Crippen LogP contribution is 2.34. The molecule has 1 unspecified atom stereocenters. The first kappa shape index (κ1) is 16.3. The van der Waals surface area contributed by atoms with Crippen LogP contribution in [0, 0.1) is 0 Å². The van der Waals surface area contributed by atoms with Crippen LogP contribution in [0.5, 0.6) is 5.88 Å². The largest absolute Gasteiger partial charge is 0.471 e. The lowest BCUT2D eigenvalue weighted by atomic mass is 10.1. The van der Waals surface area contributed by atoms with Gasteiger partial charge in [-0.2, -0.15) is 4.98 Å². The van der Waals surface area contributed by atoms with Crippen molar-refractivity contribution in [2.45, 2.75) is 12.5 Å². The van der Waals surface area contributed by atoms with Crippen molar-refractivity contribution in [2.24, 2.45) is 0 Å². The maximum atomic E-state index is 12.4. The fraction of sp³-hybridized carbons (Fsp3) is 0.235. The number of hydrogen-bond acceptors (Lipinski definition) is 5. The first-order valence-electron chi connectivity index (χ1n) is 7.71. The van der Waals surface area contributed by atoms with Crippen LogP contribution in [0.25, 0.3) is 16.6 Å². The molecule has 25 heavy (non-hydrogen) atoms. The number of ether oxygens (including phenoxy) is 2. The van der Waals surface area contributed by atoms with E-state index in [0.717, 1.165) is 6.42 Å². The first-order chi connectivity index (χ1) is 12.1. The van der Waals surface area contributed by atoms with Crippen molar-refractivity contribution in [3.05, 3.63) is 57.1 Å². The van der Waals surface area contributed by atoms with Gasteiger partial charge in [0.25, 0.3) is 5.56 Å². The Hall–Kier alpha value is -2.15. The lowest BCUT2D eigenvalue weighted by molar-refractivity contribution is 0.137.